The number of hydrogen-bond donors (Lipinski definition) is 1. The molecule has 1 aliphatic rings. The van der Waals surface area contributed by atoms with Gasteiger partial charge < -0.3 is 10.6 Å². The summed E-state index contributed by atoms with van der Waals surface area (Å²) >= 11 is 6.04. The molecule has 0 radical (unpaired) electrons. The molecule has 1 aromatic heterocycles. The lowest BCUT2D eigenvalue weighted by molar-refractivity contribution is -0.128. The van der Waals surface area contributed by atoms with Crippen molar-refractivity contribution in [1.29, 1.82) is 0 Å². The van der Waals surface area contributed by atoms with E-state index in [1.165, 1.54) is 0 Å². The molecule has 1 aliphatic heterocycles. The van der Waals surface area contributed by atoms with Gasteiger partial charge in [-0.1, -0.05) is 24.9 Å². The first-order chi connectivity index (χ1) is 8.10. The lowest BCUT2D eigenvalue weighted by Gasteiger charge is -2.16. The monoisotopic (exact) mass is 253 g/mol. The van der Waals surface area contributed by atoms with Crippen LogP contribution in [0.25, 0.3) is 0 Å². The summed E-state index contributed by atoms with van der Waals surface area (Å²) < 4.78 is 0. The van der Waals surface area contributed by atoms with E-state index in [9.17, 15) is 4.79 Å². The molecule has 2 rings (SSSR count). The van der Waals surface area contributed by atoms with E-state index in [-0.39, 0.29) is 5.91 Å². The molecule has 1 saturated heterocycles. The molecule has 1 amide bonds. The van der Waals surface area contributed by atoms with Crippen LogP contribution >= 0.6 is 11.6 Å². The van der Waals surface area contributed by atoms with Crippen molar-refractivity contribution in [3.8, 4) is 0 Å². The van der Waals surface area contributed by atoms with Gasteiger partial charge in [0, 0.05) is 13.0 Å². The average Bonchev–Trinajstić information content (AvgIpc) is 2.65. The lowest BCUT2D eigenvalue weighted by atomic mass is 10.1. The van der Waals surface area contributed by atoms with Crippen LogP contribution in [-0.2, 0) is 11.3 Å². The number of likely N-dealkylation sites (tertiary alicyclic amines) is 1. The Morgan fingerprint density at radius 1 is 1.59 bits per heavy atom. The number of anilines is 1. The van der Waals surface area contributed by atoms with Gasteiger partial charge in [-0.2, -0.15) is 0 Å². The fourth-order valence-corrected chi connectivity index (χ4v) is 2.24. The van der Waals surface area contributed by atoms with Crippen LogP contribution < -0.4 is 5.73 Å². The third-order valence-corrected chi connectivity index (χ3v) is 3.50. The van der Waals surface area contributed by atoms with Crippen molar-refractivity contribution in [3.63, 3.8) is 0 Å². The Bertz CT molecular complexity index is 436. The molecule has 1 fully saturated rings. The molecule has 4 nitrogen and oxygen atoms in total. The molecule has 17 heavy (non-hydrogen) atoms. The van der Waals surface area contributed by atoms with Crippen LogP contribution in [0.5, 0.6) is 0 Å². The summed E-state index contributed by atoms with van der Waals surface area (Å²) in [4.78, 5) is 17.7. The molecule has 2 heterocycles. The van der Waals surface area contributed by atoms with Gasteiger partial charge in [0.2, 0.25) is 5.91 Å². The number of pyridine rings is 1. The summed E-state index contributed by atoms with van der Waals surface area (Å²) in [6.45, 7) is 3.36. The first kappa shape index (κ1) is 12.2. The molecule has 1 atom stereocenters. The molecule has 1 aromatic rings. The second-order valence-corrected chi connectivity index (χ2v) is 4.82. The molecule has 2 N–H and O–H groups in total. The van der Waals surface area contributed by atoms with E-state index in [4.69, 9.17) is 17.3 Å². The van der Waals surface area contributed by atoms with Crippen LogP contribution in [0.15, 0.2) is 12.1 Å². The Morgan fingerprint density at radius 3 is 3.00 bits per heavy atom. The summed E-state index contributed by atoms with van der Waals surface area (Å²) in [6.07, 6.45) is 1.66. The van der Waals surface area contributed by atoms with Crippen molar-refractivity contribution < 1.29 is 4.79 Å². The Kier molecular flexibility index (Phi) is 3.52. The number of nitrogen functional groups attached to an aromatic ring is 1. The van der Waals surface area contributed by atoms with E-state index < -0.39 is 0 Å². The van der Waals surface area contributed by atoms with Gasteiger partial charge in [0.15, 0.2) is 0 Å². The Labute approximate surface area is 106 Å². The minimum absolute atomic E-state index is 0.178. The number of nitrogens with two attached hydrogens (primary N) is 1. The fourth-order valence-electron chi connectivity index (χ4n) is 2.07. The second-order valence-electron chi connectivity index (χ2n) is 4.42. The number of hydrogen-bond acceptors (Lipinski definition) is 3. The fraction of sp³-hybridized carbons (Fsp3) is 0.500. The van der Waals surface area contributed by atoms with Crippen LogP contribution in [0.1, 0.15) is 25.5 Å². The highest BCUT2D eigenvalue weighted by Gasteiger charge is 2.28. The maximum absolute atomic E-state index is 11.8. The molecular weight excluding hydrogens is 238 g/mol. The Balaban J connectivity index is 2.11. The van der Waals surface area contributed by atoms with Crippen molar-refractivity contribution >= 4 is 23.3 Å². The van der Waals surface area contributed by atoms with Crippen LogP contribution in [0.2, 0.25) is 5.02 Å². The zero-order valence-electron chi connectivity index (χ0n) is 9.82. The standard InChI is InChI=1S/C12H16ClN3O/c1-2-8-5-12(17)16(6-8)7-10-9(13)3-4-11(14)15-10/h3-4,8H,2,5-7H2,1H3,(H2,14,15). The number of amides is 1. The minimum atomic E-state index is 0.178. The van der Waals surface area contributed by atoms with Gasteiger partial charge in [0.05, 0.1) is 17.3 Å². The molecule has 0 aromatic carbocycles. The molecule has 0 bridgehead atoms. The topological polar surface area (TPSA) is 59.2 Å². The molecular formula is C12H16ClN3O. The molecule has 1 unspecified atom stereocenters. The highest BCUT2D eigenvalue weighted by Crippen LogP contribution is 2.24. The quantitative estimate of drug-likeness (QED) is 0.897. The van der Waals surface area contributed by atoms with Crippen molar-refractivity contribution in [3.05, 3.63) is 22.8 Å². The number of nitrogens with zero attached hydrogens (tertiary/aromatic N) is 2. The van der Waals surface area contributed by atoms with Gasteiger partial charge >= 0.3 is 0 Å². The average molecular weight is 254 g/mol. The van der Waals surface area contributed by atoms with E-state index in [1.54, 1.807) is 12.1 Å². The maximum atomic E-state index is 11.8. The molecule has 0 spiro atoms. The number of carbonyl (C=O) groups excluding carboxylic acids is 1. The summed E-state index contributed by atoms with van der Waals surface area (Å²) in [5.74, 6) is 1.07. The summed E-state index contributed by atoms with van der Waals surface area (Å²) in [6, 6.07) is 3.38. The molecule has 0 aliphatic carbocycles. The highest BCUT2D eigenvalue weighted by atomic mass is 35.5. The van der Waals surface area contributed by atoms with Gasteiger partial charge in [0.25, 0.3) is 0 Å². The van der Waals surface area contributed by atoms with Gasteiger partial charge in [-0.05, 0) is 18.1 Å². The van der Waals surface area contributed by atoms with Gasteiger partial charge in [-0.25, -0.2) is 4.98 Å². The van der Waals surface area contributed by atoms with E-state index in [2.05, 4.69) is 11.9 Å². The normalized spacial score (nSPS) is 20.0. The van der Waals surface area contributed by atoms with E-state index in [0.717, 1.165) is 13.0 Å². The number of carbonyl (C=O) groups is 1. The predicted molar refractivity (Wildman–Crippen MR) is 67.5 cm³/mol. The van der Waals surface area contributed by atoms with Crippen molar-refractivity contribution in [2.24, 2.45) is 5.92 Å². The summed E-state index contributed by atoms with van der Waals surface area (Å²) in [5.41, 5.74) is 6.29. The number of aromatic nitrogens is 1. The summed E-state index contributed by atoms with van der Waals surface area (Å²) in [5, 5.41) is 0.562. The third-order valence-electron chi connectivity index (χ3n) is 3.15. The Hall–Kier alpha value is -1.29. The minimum Gasteiger partial charge on any atom is -0.384 e. The molecule has 0 saturated carbocycles. The molecule has 92 valence electrons. The van der Waals surface area contributed by atoms with Crippen LogP contribution in [0, 0.1) is 5.92 Å². The first-order valence-corrected chi connectivity index (χ1v) is 6.16. The predicted octanol–water partition coefficient (Wildman–Crippen LogP) is 2.08. The zero-order chi connectivity index (χ0) is 12.4. The second kappa shape index (κ2) is 4.92. The van der Waals surface area contributed by atoms with Crippen molar-refractivity contribution in [1.82, 2.24) is 9.88 Å². The maximum Gasteiger partial charge on any atom is 0.223 e. The number of halogens is 1. The van der Waals surface area contributed by atoms with Crippen LogP contribution in [0.4, 0.5) is 5.82 Å². The van der Waals surface area contributed by atoms with Crippen LogP contribution in [-0.4, -0.2) is 22.3 Å². The van der Waals surface area contributed by atoms with Gasteiger partial charge in [-0.15, -0.1) is 0 Å². The van der Waals surface area contributed by atoms with Gasteiger partial charge in [-0.3, -0.25) is 4.79 Å². The van der Waals surface area contributed by atoms with Crippen molar-refractivity contribution in [2.75, 3.05) is 12.3 Å². The van der Waals surface area contributed by atoms with E-state index in [0.29, 0.717) is 35.4 Å². The van der Waals surface area contributed by atoms with Crippen molar-refractivity contribution in [2.45, 2.75) is 26.3 Å². The third kappa shape index (κ3) is 2.69. The van der Waals surface area contributed by atoms with E-state index in [1.807, 2.05) is 4.90 Å². The SMILES string of the molecule is CCC1CC(=O)N(Cc2nc(N)ccc2Cl)C1. The largest absolute Gasteiger partial charge is 0.384 e. The van der Waals surface area contributed by atoms with E-state index >= 15 is 0 Å². The number of rotatable bonds is 3. The lowest BCUT2D eigenvalue weighted by Crippen LogP contribution is -2.25. The Morgan fingerprint density at radius 2 is 2.35 bits per heavy atom. The first-order valence-electron chi connectivity index (χ1n) is 5.78. The smallest absolute Gasteiger partial charge is 0.223 e. The summed E-state index contributed by atoms with van der Waals surface area (Å²) in [7, 11) is 0. The zero-order valence-corrected chi connectivity index (χ0v) is 10.6. The van der Waals surface area contributed by atoms with Crippen LogP contribution in [0.3, 0.4) is 0 Å². The van der Waals surface area contributed by atoms with Gasteiger partial charge in [0.1, 0.15) is 5.82 Å². The molecule has 5 heteroatoms. The highest BCUT2D eigenvalue weighted by molar-refractivity contribution is 6.31.